The van der Waals surface area contributed by atoms with Crippen molar-refractivity contribution in [3.63, 3.8) is 0 Å². The van der Waals surface area contributed by atoms with Crippen LogP contribution in [0.25, 0.3) is 5.69 Å². The van der Waals surface area contributed by atoms with E-state index in [1.54, 1.807) is 10.9 Å². The Kier molecular flexibility index (Phi) is 2.51. The Labute approximate surface area is 88.2 Å². The molecule has 0 bridgehead atoms. The van der Waals surface area contributed by atoms with Gasteiger partial charge in [0, 0.05) is 0 Å². The number of aliphatic hydroxyl groups excluding tert-OH is 1. The first-order valence-electron chi connectivity index (χ1n) is 4.81. The van der Waals surface area contributed by atoms with E-state index < -0.39 is 0 Å². The van der Waals surface area contributed by atoms with Gasteiger partial charge in [-0.05, 0) is 25.0 Å². The minimum absolute atomic E-state index is 0.0784. The van der Waals surface area contributed by atoms with Crippen LogP contribution in [0, 0.1) is 13.8 Å². The first kappa shape index (κ1) is 9.86. The van der Waals surface area contributed by atoms with Crippen molar-refractivity contribution in [3.05, 3.63) is 41.2 Å². The van der Waals surface area contributed by atoms with E-state index in [0.717, 1.165) is 16.8 Å². The highest BCUT2D eigenvalue weighted by atomic mass is 16.3. The number of benzene rings is 1. The van der Waals surface area contributed by atoms with Crippen molar-refractivity contribution >= 4 is 0 Å². The van der Waals surface area contributed by atoms with Crippen molar-refractivity contribution in [3.8, 4) is 5.69 Å². The third-order valence-electron chi connectivity index (χ3n) is 2.37. The molecular weight excluding hydrogens is 190 g/mol. The molecule has 1 heterocycles. The zero-order chi connectivity index (χ0) is 10.8. The van der Waals surface area contributed by atoms with Gasteiger partial charge in [-0.25, -0.2) is 4.68 Å². The summed E-state index contributed by atoms with van der Waals surface area (Å²) in [5, 5.41) is 16.8. The molecule has 0 atom stereocenters. The summed E-state index contributed by atoms with van der Waals surface area (Å²) in [7, 11) is 0. The van der Waals surface area contributed by atoms with Gasteiger partial charge in [-0.1, -0.05) is 23.4 Å². The number of nitrogens with zero attached hydrogens (tertiary/aromatic N) is 3. The van der Waals surface area contributed by atoms with Gasteiger partial charge in [-0.2, -0.15) is 0 Å². The van der Waals surface area contributed by atoms with Gasteiger partial charge >= 0.3 is 0 Å². The van der Waals surface area contributed by atoms with E-state index in [0.29, 0.717) is 5.69 Å². The van der Waals surface area contributed by atoms with Gasteiger partial charge in [-0.3, -0.25) is 0 Å². The fourth-order valence-corrected chi connectivity index (χ4v) is 1.65. The van der Waals surface area contributed by atoms with Gasteiger partial charge in [0.1, 0.15) is 5.69 Å². The quantitative estimate of drug-likeness (QED) is 0.802. The molecular formula is C11H13N3O. The molecule has 0 saturated carbocycles. The summed E-state index contributed by atoms with van der Waals surface area (Å²) < 4.78 is 1.70. The number of aryl methyl sites for hydroxylation is 2. The van der Waals surface area contributed by atoms with E-state index in [1.165, 1.54) is 0 Å². The zero-order valence-electron chi connectivity index (χ0n) is 8.81. The molecule has 1 aromatic heterocycles. The predicted octanol–water partition coefficient (Wildman–Crippen LogP) is 1.38. The summed E-state index contributed by atoms with van der Waals surface area (Å²) in [5.41, 5.74) is 3.90. The molecule has 2 rings (SSSR count). The Bertz CT molecular complexity index is 456. The van der Waals surface area contributed by atoms with E-state index >= 15 is 0 Å². The minimum Gasteiger partial charge on any atom is -0.390 e. The molecule has 0 spiro atoms. The Morgan fingerprint density at radius 2 is 1.93 bits per heavy atom. The standard InChI is InChI=1S/C11H13N3O/c1-8-4-3-5-9(2)11(8)14-6-10(7-15)12-13-14/h3-6,15H,7H2,1-2H3. The molecule has 78 valence electrons. The maximum atomic E-state index is 8.92. The predicted molar refractivity (Wildman–Crippen MR) is 56.8 cm³/mol. The lowest BCUT2D eigenvalue weighted by atomic mass is 10.1. The molecule has 4 heteroatoms. The van der Waals surface area contributed by atoms with Crippen LogP contribution in [0.1, 0.15) is 16.8 Å². The van der Waals surface area contributed by atoms with Gasteiger partial charge in [0.15, 0.2) is 0 Å². The van der Waals surface area contributed by atoms with Crippen LogP contribution < -0.4 is 0 Å². The number of hydrogen-bond acceptors (Lipinski definition) is 3. The summed E-state index contributed by atoms with van der Waals surface area (Å²) in [5.74, 6) is 0. The van der Waals surface area contributed by atoms with Crippen LogP contribution in [0.3, 0.4) is 0 Å². The number of rotatable bonds is 2. The van der Waals surface area contributed by atoms with E-state index in [9.17, 15) is 0 Å². The van der Waals surface area contributed by atoms with Crippen molar-refractivity contribution in [2.45, 2.75) is 20.5 Å². The van der Waals surface area contributed by atoms with E-state index in [2.05, 4.69) is 10.3 Å². The van der Waals surface area contributed by atoms with Gasteiger partial charge in [0.05, 0.1) is 18.5 Å². The molecule has 0 aliphatic rings. The number of aliphatic hydroxyl groups is 1. The molecule has 0 aliphatic carbocycles. The van der Waals surface area contributed by atoms with Crippen molar-refractivity contribution in [1.82, 2.24) is 15.0 Å². The third kappa shape index (κ3) is 1.76. The highest BCUT2D eigenvalue weighted by Gasteiger charge is 2.06. The molecule has 0 fully saturated rings. The van der Waals surface area contributed by atoms with Crippen LogP contribution in [0.2, 0.25) is 0 Å². The highest BCUT2D eigenvalue weighted by molar-refractivity contribution is 5.46. The lowest BCUT2D eigenvalue weighted by Crippen LogP contribution is -2.00. The van der Waals surface area contributed by atoms with Gasteiger partial charge in [0.2, 0.25) is 0 Å². The minimum atomic E-state index is -0.0784. The van der Waals surface area contributed by atoms with Crippen LogP contribution in [-0.4, -0.2) is 20.1 Å². The van der Waals surface area contributed by atoms with Crippen LogP contribution in [0.4, 0.5) is 0 Å². The summed E-state index contributed by atoms with van der Waals surface area (Å²) >= 11 is 0. The van der Waals surface area contributed by atoms with Crippen molar-refractivity contribution in [2.24, 2.45) is 0 Å². The molecule has 0 unspecified atom stereocenters. The zero-order valence-corrected chi connectivity index (χ0v) is 8.81. The smallest absolute Gasteiger partial charge is 0.109 e. The maximum absolute atomic E-state index is 8.92. The number of hydrogen-bond donors (Lipinski definition) is 1. The largest absolute Gasteiger partial charge is 0.390 e. The lowest BCUT2D eigenvalue weighted by molar-refractivity contribution is 0.276. The van der Waals surface area contributed by atoms with Crippen LogP contribution in [0.15, 0.2) is 24.4 Å². The second-order valence-corrected chi connectivity index (χ2v) is 3.55. The Hall–Kier alpha value is -1.68. The fraction of sp³-hybridized carbons (Fsp3) is 0.273. The molecule has 0 aliphatic heterocycles. The monoisotopic (exact) mass is 203 g/mol. The van der Waals surface area contributed by atoms with Crippen molar-refractivity contribution < 1.29 is 5.11 Å². The normalized spacial score (nSPS) is 10.6. The summed E-state index contributed by atoms with van der Waals surface area (Å²) in [6, 6.07) is 6.07. The molecule has 0 saturated heterocycles. The van der Waals surface area contributed by atoms with Crippen molar-refractivity contribution in [2.75, 3.05) is 0 Å². The number of aromatic nitrogens is 3. The second kappa shape index (κ2) is 3.82. The summed E-state index contributed by atoms with van der Waals surface area (Å²) in [4.78, 5) is 0. The first-order chi connectivity index (χ1) is 7.22. The second-order valence-electron chi connectivity index (χ2n) is 3.55. The average Bonchev–Trinajstić information content (AvgIpc) is 2.66. The molecule has 1 aromatic carbocycles. The molecule has 1 N–H and O–H groups in total. The topological polar surface area (TPSA) is 50.9 Å². The Morgan fingerprint density at radius 3 is 2.47 bits per heavy atom. The van der Waals surface area contributed by atoms with Crippen LogP contribution >= 0.6 is 0 Å². The van der Waals surface area contributed by atoms with Crippen molar-refractivity contribution in [1.29, 1.82) is 0 Å². The Morgan fingerprint density at radius 1 is 1.27 bits per heavy atom. The fourth-order valence-electron chi connectivity index (χ4n) is 1.65. The Balaban J connectivity index is 2.53. The molecule has 15 heavy (non-hydrogen) atoms. The molecule has 0 radical (unpaired) electrons. The van der Waals surface area contributed by atoms with Crippen LogP contribution in [-0.2, 0) is 6.61 Å². The third-order valence-corrected chi connectivity index (χ3v) is 2.37. The molecule has 0 amide bonds. The lowest BCUT2D eigenvalue weighted by Gasteiger charge is -2.07. The summed E-state index contributed by atoms with van der Waals surface area (Å²) in [6.45, 7) is 3.98. The SMILES string of the molecule is Cc1cccc(C)c1-n1cc(CO)nn1. The first-order valence-corrected chi connectivity index (χ1v) is 4.81. The highest BCUT2D eigenvalue weighted by Crippen LogP contribution is 2.17. The van der Waals surface area contributed by atoms with Gasteiger partial charge < -0.3 is 5.11 Å². The van der Waals surface area contributed by atoms with E-state index in [1.807, 2.05) is 32.0 Å². The van der Waals surface area contributed by atoms with E-state index in [4.69, 9.17) is 5.11 Å². The van der Waals surface area contributed by atoms with Gasteiger partial charge in [0.25, 0.3) is 0 Å². The maximum Gasteiger partial charge on any atom is 0.109 e. The summed E-state index contributed by atoms with van der Waals surface area (Å²) in [6.07, 6.45) is 1.75. The molecule has 4 nitrogen and oxygen atoms in total. The van der Waals surface area contributed by atoms with Crippen LogP contribution in [0.5, 0.6) is 0 Å². The van der Waals surface area contributed by atoms with Gasteiger partial charge in [-0.15, -0.1) is 5.10 Å². The average molecular weight is 203 g/mol. The molecule has 2 aromatic rings. The van der Waals surface area contributed by atoms with E-state index in [-0.39, 0.29) is 6.61 Å². The number of para-hydroxylation sites is 1.